The summed E-state index contributed by atoms with van der Waals surface area (Å²) in [5.41, 5.74) is -0.641. The number of anilines is 1. The molecule has 21 heavy (non-hydrogen) atoms. The van der Waals surface area contributed by atoms with Crippen molar-refractivity contribution in [2.45, 2.75) is 32.4 Å². The Balaban J connectivity index is 2.94. The number of ether oxygens (including phenoxy) is 2. The first-order valence-electron chi connectivity index (χ1n) is 6.24. The fourth-order valence-electron chi connectivity index (χ4n) is 1.41. The van der Waals surface area contributed by atoms with Crippen LogP contribution in [0, 0.1) is 0 Å². The molecule has 0 saturated carbocycles. The molecule has 1 rings (SSSR count). The summed E-state index contributed by atoms with van der Waals surface area (Å²) in [5, 5.41) is 2.67. The van der Waals surface area contributed by atoms with E-state index in [9.17, 15) is 9.59 Å². The third-order valence-corrected chi connectivity index (χ3v) is 2.32. The third-order valence-electron chi connectivity index (χ3n) is 2.15. The lowest BCUT2D eigenvalue weighted by Gasteiger charge is -2.19. The molecule has 0 unspecified atom stereocenters. The second kappa shape index (κ2) is 7.33. The summed E-state index contributed by atoms with van der Waals surface area (Å²) in [4.78, 5) is 30.6. The number of halogens is 1. The van der Waals surface area contributed by atoms with Crippen LogP contribution >= 0.6 is 11.6 Å². The molecule has 0 aliphatic rings. The fraction of sp³-hybridized carbons (Fsp3) is 0.538. The van der Waals surface area contributed by atoms with Crippen molar-refractivity contribution >= 4 is 29.7 Å². The first-order valence-corrected chi connectivity index (χ1v) is 6.61. The SMILES string of the molecule is COC[C@@H](C=O)Nc1cc(C(=O)OC(C)(C)C)nc(Cl)n1. The van der Waals surface area contributed by atoms with Crippen molar-refractivity contribution in [2.75, 3.05) is 19.0 Å². The Kier molecular flexibility index (Phi) is 6.04. The number of nitrogens with one attached hydrogen (secondary N) is 1. The van der Waals surface area contributed by atoms with E-state index >= 15 is 0 Å². The first-order chi connectivity index (χ1) is 9.75. The summed E-state index contributed by atoms with van der Waals surface area (Å²) in [7, 11) is 1.47. The van der Waals surface area contributed by atoms with Crippen LogP contribution in [-0.2, 0) is 14.3 Å². The number of rotatable bonds is 6. The average Bonchev–Trinajstić information content (AvgIpc) is 2.35. The normalized spacial score (nSPS) is 12.6. The van der Waals surface area contributed by atoms with Gasteiger partial charge in [0.1, 0.15) is 23.7 Å². The van der Waals surface area contributed by atoms with Crippen molar-refractivity contribution in [3.8, 4) is 0 Å². The van der Waals surface area contributed by atoms with E-state index in [2.05, 4.69) is 15.3 Å². The van der Waals surface area contributed by atoms with Gasteiger partial charge in [-0.2, -0.15) is 0 Å². The molecule has 116 valence electrons. The maximum Gasteiger partial charge on any atom is 0.357 e. The second-order valence-corrected chi connectivity index (χ2v) is 5.59. The number of esters is 1. The van der Waals surface area contributed by atoms with Crippen LogP contribution in [-0.4, -0.2) is 47.6 Å². The van der Waals surface area contributed by atoms with Gasteiger partial charge in [0.25, 0.3) is 0 Å². The highest BCUT2D eigenvalue weighted by atomic mass is 35.5. The number of carbonyl (C=O) groups excluding carboxylic acids is 2. The Morgan fingerprint density at radius 2 is 2.14 bits per heavy atom. The zero-order valence-electron chi connectivity index (χ0n) is 12.3. The predicted octanol–water partition coefficient (Wildman–Crippen LogP) is 1.71. The molecular formula is C13H18ClN3O4. The van der Waals surface area contributed by atoms with Gasteiger partial charge in [-0.15, -0.1) is 0 Å². The standard InChI is InChI=1S/C13H18ClN3O4/c1-13(2,3)21-11(19)9-5-10(17-12(14)16-9)15-8(6-18)7-20-4/h5-6,8H,7H2,1-4H3,(H,15,16,17)/t8-/m1/s1. The first kappa shape index (κ1) is 17.3. The summed E-state index contributed by atoms with van der Waals surface area (Å²) in [6.45, 7) is 5.39. The van der Waals surface area contributed by atoms with Gasteiger partial charge in [0.2, 0.25) is 5.28 Å². The smallest absolute Gasteiger partial charge is 0.357 e. The van der Waals surface area contributed by atoms with Crippen LogP contribution in [0.15, 0.2) is 6.07 Å². The molecule has 0 spiro atoms. The van der Waals surface area contributed by atoms with Crippen molar-refractivity contribution < 1.29 is 19.1 Å². The van der Waals surface area contributed by atoms with Gasteiger partial charge in [0, 0.05) is 13.2 Å². The topological polar surface area (TPSA) is 90.4 Å². The Labute approximate surface area is 128 Å². The van der Waals surface area contributed by atoms with E-state index in [0.29, 0.717) is 6.29 Å². The van der Waals surface area contributed by atoms with Crippen molar-refractivity contribution in [1.82, 2.24) is 9.97 Å². The molecule has 0 aliphatic carbocycles. The van der Waals surface area contributed by atoms with Gasteiger partial charge in [0.05, 0.1) is 6.61 Å². The Morgan fingerprint density at radius 3 is 2.67 bits per heavy atom. The summed E-state index contributed by atoms with van der Waals surface area (Å²) in [5.74, 6) is -0.380. The summed E-state index contributed by atoms with van der Waals surface area (Å²) < 4.78 is 10.1. The maximum absolute atomic E-state index is 12.0. The largest absolute Gasteiger partial charge is 0.455 e. The Morgan fingerprint density at radius 1 is 1.48 bits per heavy atom. The van der Waals surface area contributed by atoms with Crippen LogP contribution in [0.5, 0.6) is 0 Å². The molecule has 0 radical (unpaired) electrons. The van der Waals surface area contributed by atoms with E-state index in [0.717, 1.165) is 0 Å². The van der Waals surface area contributed by atoms with Crippen LogP contribution < -0.4 is 5.32 Å². The van der Waals surface area contributed by atoms with Gasteiger partial charge in [-0.1, -0.05) is 0 Å². The summed E-state index contributed by atoms with van der Waals surface area (Å²) in [6.07, 6.45) is 0.673. The average molecular weight is 316 g/mol. The molecule has 0 fully saturated rings. The highest BCUT2D eigenvalue weighted by molar-refractivity contribution is 6.28. The minimum Gasteiger partial charge on any atom is -0.455 e. The number of aldehydes is 1. The molecular weight excluding hydrogens is 298 g/mol. The zero-order valence-corrected chi connectivity index (χ0v) is 13.1. The zero-order chi connectivity index (χ0) is 16.0. The molecule has 1 N–H and O–H groups in total. The number of aromatic nitrogens is 2. The molecule has 0 amide bonds. The van der Waals surface area contributed by atoms with Gasteiger partial charge in [0.15, 0.2) is 5.69 Å². The lowest BCUT2D eigenvalue weighted by Crippen LogP contribution is -2.28. The summed E-state index contributed by atoms with van der Waals surface area (Å²) >= 11 is 5.78. The van der Waals surface area contributed by atoms with Crippen molar-refractivity contribution in [1.29, 1.82) is 0 Å². The quantitative estimate of drug-likeness (QED) is 0.485. The molecule has 0 aromatic carbocycles. The van der Waals surface area contributed by atoms with Crippen molar-refractivity contribution in [3.63, 3.8) is 0 Å². The Hall–Kier alpha value is -1.73. The van der Waals surface area contributed by atoms with Crippen LogP contribution in [0.4, 0.5) is 5.82 Å². The molecule has 1 atom stereocenters. The van der Waals surface area contributed by atoms with Gasteiger partial charge >= 0.3 is 5.97 Å². The monoisotopic (exact) mass is 315 g/mol. The maximum atomic E-state index is 12.0. The van der Waals surface area contributed by atoms with Gasteiger partial charge in [-0.3, -0.25) is 0 Å². The molecule has 0 aliphatic heterocycles. The van der Waals surface area contributed by atoms with Crippen LogP contribution in [0.25, 0.3) is 0 Å². The highest BCUT2D eigenvalue weighted by Crippen LogP contribution is 2.15. The molecule has 1 heterocycles. The molecule has 0 bridgehead atoms. The predicted molar refractivity (Wildman–Crippen MR) is 77.6 cm³/mol. The fourth-order valence-corrected chi connectivity index (χ4v) is 1.59. The van der Waals surface area contributed by atoms with Gasteiger partial charge in [-0.05, 0) is 32.4 Å². The van der Waals surface area contributed by atoms with Gasteiger partial charge < -0.3 is 19.6 Å². The van der Waals surface area contributed by atoms with E-state index in [-0.39, 0.29) is 23.4 Å². The van der Waals surface area contributed by atoms with Crippen molar-refractivity contribution in [2.24, 2.45) is 0 Å². The van der Waals surface area contributed by atoms with Crippen LogP contribution in [0.1, 0.15) is 31.3 Å². The van der Waals surface area contributed by atoms with Crippen LogP contribution in [0.3, 0.4) is 0 Å². The lowest BCUT2D eigenvalue weighted by atomic mass is 10.2. The number of carbonyl (C=O) groups is 2. The molecule has 1 aromatic heterocycles. The molecule has 7 nitrogen and oxygen atoms in total. The highest BCUT2D eigenvalue weighted by Gasteiger charge is 2.20. The minimum absolute atomic E-state index is 0.00879. The lowest BCUT2D eigenvalue weighted by molar-refractivity contribution is -0.109. The number of nitrogens with zero attached hydrogens (tertiary/aromatic N) is 2. The van der Waals surface area contributed by atoms with E-state index in [1.54, 1.807) is 20.8 Å². The molecule has 8 heteroatoms. The third kappa shape index (κ3) is 6.05. The van der Waals surface area contributed by atoms with Gasteiger partial charge in [-0.25, -0.2) is 14.8 Å². The second-order valence-electron chi connectivity index (χ2n) is 5.25. The van der Waals surface area contributed by atoms with Crippen molar-refractivity contribution in [3.05, 3.63) is 17.0 Å². The van der Waals surface area contributed by atoms with Crippen LogP contribution in [0.2, 0.25) is 5.28 Å². The number of hydrogen-bond donors (Lipinski definition) is 1. The molecule has 0 saturated heterocycles. The number of hydrogen-bond acceptors (Lipinski definition) is 7. The molecule has 1 aromatic rings. The van der Waals surface area contributed by atoms with E-state index < -0.39 is 17.6 Å². The van der Waals surface area contributed by atoms with E-state index in [1.165, 1.54) is 13.2 Å². The number of methoxy groups -OCH3 is 1. The minimum atomic E-state index is -0.649. The summed E-state index contributed by atoms with van der Waals surface area (Å²) in [6, 6.07) is 0.763. The Bertz CT molecular complexity index is 517. The van der Waals surface area contributed by atoms with E-state index in [1.807, 2.05) is 0 Å². The van der Waals surface area contributed by atoms with E-state index in [4.69, 9.17) is 21.1 Å².